The summed E-state index contributed by atoms with van der Waals surface area (Å²) in [6, 6.07) is 14.2. The van der Waals surface area contributed by atoms with Gasteiger partial charge in [0.2, 0.25) is 0 Å². The van der Waals surface area contributed by atoms with Crippen LogP contribution in [0, 0.1) is 0 Å². The number of amides is 2. The van der Waals surface area contributed by atoms with Gasteiger partial charge in [0.1, 0.15) is 18.2 Å². The summed E-state index contributed by atoms with van der Waals surface area (Å²) >= 11 is 0. The predicted molar refractivity (Wildman–Crippen MR) is 107 cm³/mol. The van der Waals surface area contributed by atoms with E-state index in [-0.39, 0.29) is 17.7 Å². The van der Waals surface area contributed by atoms with E-state index in [0.717, 1.165) is 10.5 Å². The molecule has 0 aromatic heterocycles. The second-order valence-electron chi connectivity index (χ2n) is 7.83. The number of hydrogen-bond donors (Lipinski definition) is 1. The Labute approximate surface area is 183 Å². The van der Waals surface area contributed by atoms with E-state index in [0.29, 0.717) is 0 Å². The largest absolute Gasteiger partial charge is 0.457 e. The van der Waals surface area contributed by atoms with E-state index >= 15 is 0 Å². The first-order chi connectivity index (χ1) is 15.5. The van der Waals surface area contributed by atoms with Crippen LogP contribution in [-0.4, -0.2) is 65.0 Å². The molecular formula is C23H21NO8. The number of nitrogens with zero attached hydrogens (tertiary/aromatic N) is 1. The lowest BCUT2D eigenvalue weighted by Gasteiger charge is -2.49. The van der Waals surface area contributed by atoms with Gasteiger partial charge < -0.3 is 24.1 Å². The number of aliphatic hydroxyl groups excluding tert-OH is 1. The highest BCUT2D eigenvalue weighted by atomic mass is 16.7. The minimum absolute atomic E-state index is 0.0634. The molecular weight excluding hydrogens is 418 g/mol. The van der Waals surface area contributed by atoms with Gasteiger partial charge in [0.25, 0.3) is 11.8 Å². The summed E-state index contributed by atoms with van der Waals surface area (Å²) in [5, 5.41) is 10.8. The number of carbonyl (C=O) groups excluding carboxylic acids is 3. The van der Waals surface area contributed by atoms with Crippen LogP contribution in [0.25, 0.3) is 0 Å². The maximum Gasteiger partial charge on any atom is 0.303 e. The van der Waals surface area contributed by atoms with Crippen molar-refractivity contribution in [3.8, 4) is 0 Å². The Morgan fingerprint density at radius 1 is 1.00 bits per heavy atom. The number of hydrogen-bond acceptors (Lipinski definition) is 8. The number of benzene rings is 2. The molecule has 9 heteroatoms. The fourth-order valence-electron chi connectivity index (χ4n) is 4.44. The number of carbonyl (C=O) groups is 3. The first kappa shape index (κ1) is 20.8. The van der Waals surface area contributed by atoms with Crippen molar-refractivity contribution in [1.82, 2.24) is 4.90 Å². The zero-order valence-corrected chi connectivity index (χ0v) is 17.1. The van der Waals surface area contributed by atoms with Gasteiger partial charge in [-0.25, -0.2) is 0 Å². The summed E-state index contributed by atoms with van der Waals surface area (Å²) in [5.41, 5.74) is 1.17. The second kappa shape index (κ2) is 8.10. The van der Waals surface area contributed by atoms with Crippen LogP contribution in [0.3, 0.4) is 0 Å². The van der Waals surface area contributed by atoms with Crippen LogP contribution >= 0.6 is 0 Å². The summed E-state index contributed by atoms with van der Waals surface area (Å²) < 4.78 is 23.0. The van der Waals surface area contributed by atoms with Gasteiger partial charge in [-0.1, -0.05) is 42.5 Å². The van der Waals surface area contributed by atoms with E-state index in [4.69, 9.17) is 18.9 Å². The summed E-state index contributed by atoms with van der Waals surface area (Å²) in [4.78, 5) is 39.0. The molecule has 3 heterocycles. The molecule has 2 amide bonds. The monoisotopic (exact) mass is 439 g/mol. The number of rotatable bonds is 3. The maximum absolute atomic E-state index is 13.1. The molecule has 0 aliphatic carbocycles. The zero-order chi connectivity index (χ0) is 22.4. The average Bonchev–Trinajstić information content (AvgIpc) is 3.04. The number of fused-ring (bicyclic) bond motifs is 2. The second-order valence-corrected chi connectivity index (χ2v) is 7.83. The molecule has 2 fully saturated rings. The average molecular weight is 439 g/mol. The Morgan fingerprint density at radius 2 is 1.62 bits per heavy atom. The minimum atomic E-state index is -1.59. The third-order valence-electron chi connectivity index (χ3n) is 5.82. The van der Waals surface area contributed by atoms with Crippen LogP contribution in [-0.2, 0) is 23.7 Å². The highest BCUT2D eigenvalue weighted by molar-refractivity contribution is 6.21. The third-order valence-corrected chi connectivity index (χ3v) is 5.82. The smallest absolute Gasteiger partial charge is 0.303 e. The highest BCUT2D eigenvalue weighted by Crippen LogP contribution is 2.38. The van der Waals surface area contributed by atoms with E-state index in [2.05, 4.69) is 0 Å². The summed E-state index contributed by atoms with van der Waals surface area (Å²) in [6.07, 6.45) is -5.16. The maximum atomic E-state index is 13.1. The lowest BCUT2D eigenvalue weighted by molar-refractivity contribution is -0.343. The minimum Gasteiger partial charge on any atom is -0.457 e. The van der Waals surface area contributed by atoms with Gasteiger partial charge in [0.15, 0.2) is 18.7 Å². The molecule has 32 heavy (non-hydrogen) atoms. The number of ether oxygens (including phenoxy) is 4. The van der Waals surface area contributed by atoms with E-state index in [9.17, 15) is 19.5 Å². The van der Waals surface area contributed by atoms with Crippen molar-refractivity contribution in [2.45, 2.75) is 43.9 Å². The molecule has 166 valence electrons. The molecule has 4 unspecified atom stereocenters. The van der Waals surface area contributed by atoms with Crippen LogP contribution in [0.1, 0.15) is 39.5 Å². The van der Waals surface area contributed by atoms with Gasteiger partial charge >= 0.3 is 5.97 Å². The molecule has 3 aliphatic heterocycles. The molecule has 2 saturated heterocycles. The Balaban J connectivity index is 1.50. The standard InChI is InChI=1S/C23H21NO8/c1-12(25)30-19-17(24-20(26)14-9-5-6-10-15(14)21(24)27)22(28)31-16-11-29-23(32-18(16)19)13-7-3-2-4-8-13/h2-10,16-19,22-23,28H,11H2,1H3/t16?,17?,18-,19?,22-,23?/m1/s1. The van der Waals surface area contributed by atoms with Gasteiger partial charge in [-0.3, -0.25) is 19.3 Å². The van der Waals surface area contributed by atoms with E-state index in [1.54, 1.807) is 12.1 Å². The SMILES string of the molecule is CC(=O)OC1C(N2C(=O)c3ccccc3C2=O)[C@H](O)OC2COC(c3ccccc3)O[C@H]21. The molecule has 0 bridgehead atoms. The molecule has 6 atom stereocenters. The van der Waals surface area contributed by atoms with Crippen LogP contribution < -0.4 is 0 Å². The van der Waals surface area contributed by atoms with Crippen molar-refractivity contribution in [2.24, 2.45) is 0 Å². The quantitative estimate of drug-likeness (QED) is 0.565. The normalized spacial score (nSPS) is 31.8. The number of imide groups is 1. The molecule has 2 aromatic carbocycles. The third kappa shape index (κ3) is 3.39. The molecule has 1 N–H and O–H groups in total. The fourth-order valence-corrected chi connectivity index (χ4v) is 4.44. The van der Waals surface area contributed by atoms with Crippen molar-refractivity contribution in [1.29, 1.82) is 0 Å². The molecule has 9 nitrogen and oxygen atoms in total. The van der Waals surface area contributed by atoms with Crippen LogP contribution in [0.15, 0.2) is 54.6 Å². The molecule has 2 aromatic rings. The van der Waals surface area contributed by atoms with E-state index in [1.807, 2.05) is 30.3 Å². The summed E-state index contributed by atoms with van der Waals surface area (Å²) in [5.74, 6) is -1.84. The van der Waals surface area contributed by atoms with E-state index < -0.39 is 54.7 Å². The van der Waals surface area contributed by atoms with Crippen molar-refractivity contribution in [3.63, 3.8) is 0 Å². The number of aliphatic hydroxyl groups is 1. The molecule has 3 aliphatic rings. The van der Waals surface area contributed by atoms with Crippen molar-refractivity contribution < 1.29 is 38.4 Å². The Hall–Kier alpha value is -3.11. The van der Waals surface area contributed by atoms with Crippen LogP contribution in [0.5, 0.6) is 0 Å². The molecule has 5 rings (SSSR count). The Morgan fingerprint density at radius 3 is 2.25 bits per heavy atom. The lowest BCUT2D eigenvalue weighted by Crippen LogP contribution is -2.68. The predicted octanol–water partition coefficient (Wildman–Crippen LogP) is 1.41. The van der Waals surface area contributed by atoms with Crippen molar-refractivity contribution in [3.05, 3.63) is 71.3 Å². The Kier molecular flexibility index (Phi) is 5.26. The number of esters is 1. The van der Waals surface area contributed by atoms with Crippen molar-refractivity contribution in [2.75, 3.05) is 6.61 Å². The first-order valence-electron chi connectivity index (χ1n) is 10.3. The van der Waals surface area contributed by atoms with Crippen molar-refractivity contribution >= 4 is 17.8 Å². The molecule has 0 spiro atoms. The van der Waals surface area contributed by atoms with Crippen LogP contribution in [0.4, 0.5) is 0 Å². The van der Waals surface area contributed by atoms with Gasteiger partial charge in [0, 0.05) is 12.5 Å². The highest BCUT2D eigenvalue weighted by Gasteiger charge is 2.57. The van der Waals surface area contributed by atoms with Gasteiger partial charge in [0.05, 0.1) is 17.7 Å². The lowest BCUT2D eigenvalue weighted by atomic mass is 9.94. The zero-order valence-electron chi connectivity index (χ0n) is 17.1. The Bertz CT molecular complexity index is 1020. The first-order valence-corrected chi connectivity index (χ1v) is 10.3. The van der Waals surface area contributed by atoms with Crippen LogP contribution in [0.2, 0.25) is 0 Å². The van der Waals surface area contributed by atoms with Gasteiger partial charge in [-0.2, -0.15) is 0 Å². The van der Waals surface area contributed by atoms with E-state index in [1.165, 1.54) is 19.1 Å². The summed E-state index contributed by atoms with van der Waals surface area (Å²) in [6.45, 7) is 1.28. The topological polar surface area (TPSA) is 112 Å². The fraction of sp³-hybridized carbons (Fsp3) is 0.348. The summed E-state index contributed by atoms with van der Waals surface area (Å²) in [7, 11) is 0. The molecule has 0 radical (unpaired) electrons. The van der Waals surface area contributed by atoms with Gasteiger partial charge in [-0.05, 0) is 12.1 Å². The molecule has 0 saturated carbocycles. The van der Waals surface area contributed by atoms with Gasteiger partial charge in [-0.15, -0.1) is 0 Å².